The summed E-state index contributed by atoms with van der Waals surface area (Å²) in [5.41, 5.74) is 2.84. The number of hydrogen-bond donors (Lipinski definition) is 1. The molecule has 1 fully saturated rings. The van der Waals surface area contributed by atoms with E-state index in [1.165, 1.54) is 57.8 Å². The van der Waals surface area contributed by atoms with Crippen LogP contribution in [0.2, 0.25) is 0 Å². The van der Waals surface area contributed by atoms with Crippen molar-refractivity contribution in [1.82, 2.24) is 10.2 Å². The summed E-state index contributed by atoms with van der Waals surface area (Å²) < 4.78 is 26.1. The second-order valence-corrected chi connectivity index (χ2v) is 12.3. The molecule has 1 atom stereocenters. The molecule has 0 spiro atoms. The van der Waals surface area contributed by atoms with E-state index in [0.717, 1.165) is 18.4 Å². The summed E-state index contributed by atoms with van der Waals surface area (Å²) in [5.74, 6) is -1.03. The van der Waals surface area contributed by atoms with Gasteiger partial charge in [-0.1, -0.05) is 72.3 Å². The number of aliphatic hydroxyl groups excluding tert-OH is 1. The average Bonchev–Trinajstić information content (AvgIpc) is 3.59. The topological polar surface area (TPSA) is 102 Å². The third-order valence-electron chi connectivity index (χ3n) is 6.99. The van der Waals surface area contributed by atoms with Crippen LogP contribution in [0, 0.1) is 12.7 Å². The Balaban J connectivity index is 1.56. The van der Waals surface area contributed by atoms with E-state index in [4.69, 9.17) is 9.47 Å². The predicted octanol–water partition coefficient (Wildman–Crippen LogP) is 7.48. The number of amides is 1. The third-order valence-corrected chi connectivity index (χ3v) is 9.11. The summed E-state index contributed by atoms with van der Waals surface area (Å²) in [6.45, 7) is 6.81. The largest absolute Gasteiger partial charge is 0.507 e. The number of unbranched alkanes of at least 4 members (excludes halogenated alkanes) is 1. The maximum atomic E-state index is 13.7. The van der Waals surface area contributed by atoms with E-state index in [-0.39, 0.29) is 16.3 Å². The molecule has 1 aromatic heterocycles. The Morgan fingerprint density at radius 2 is 1.75 bits per heavy atom. The number of ether oxygens (including phenoxy) is 2. The lowest BCUT2D eigenvalue weighted by atomic mass is 9.95. The van der Waals surface area contributed by atoms with Gasteiger partial charge in [0.15, 0.2) is 15.8 Å². The molecule has 0 aliphatic carbocycles. The Morgan fingerprint density at radius 1 is 1.00 bits per heavy atom. The minimum absolute atomic E-state index is 0.146. The highest BCUT2D eigenvalue weighted by atomic mass is 32.2. The molecule has 44 heavy (non-hydrogen) atoms. The van der Waals surface area contributed by atoms with Gasteiger partial charge in [-0.3, -0.25) is 14.5 Å². The van der Waals surface area contributed by atoms with E-state index < -0.39 is 29.3 Å². The Bertz CT molecular complexity index is 1670. The number of thioether (sulfide) groups is 1. The molecule has 5 rings (SSSR count). The zero-order valence-electron chi connectivity index (χ0n) is 24.6. The molecule has 1 aliphatic rings. The lowest BCUT2D eigenvalue weighted by Crippen LogP contribution is -2.29. The van der Waals surface area contributed by atoms with Crippen LogP contribution in [0.5, 0.6) is 11.5 Å². The molecule has 4 aromatic rings. The van der Waals surface area contributed by atoms with Crippen molar-refractivity contribution in [3.8, 4) is 11.5 Å². The van der Waals surface area contributed by atoms with E-state index >= 15 is 0 Å². The van der Waals surface area contributed by atoms with Crippen LogP contribution in [-0.4, -0.2) is 40.2 Å². The van der Waals surface area contributed by atoms with Crippen molar-refractivity contribution < 1.29 is 28.6 Å². The molecule has 1 saturated heterocycles. The van der Waals surface area contributed by atoms with Crippen LogP contribution in [-0.2, 0) is 15.3 Å². The molecular formula is C33H32FN3O5S2. The minimum Gasteiger partial charge on any atom is -0.507 e. The Kier molecular flexibility index (Phi) is 9.96. The van der Waals surface area contributed by atoms with Crippen molar-refractivity contribution in [2.75, 3.05) is 18.1 Å². The van der Waals surface area contributed by atoms with Crippen LogP contribution in [0.3, 0.4) is 0 Å². The normalized spacial score (nSPS) is 16.0. The smallest absolute Gasteiger partial charge is 0.301 e. The number of hydrogen-bond acceptors (Lipinski definition) is 9. The van der Waals surface area contributed by atoms with Gasteiger partial charge in [0.05, 0.1) is 24.8 Å². The van der Waals surface area contributed by atoms with Gasteiger partial charge in [0, 0.05) is 11.3 Å². The van der Waals surface area contributed by atoms with E-state index in [1.54, 1.807) is 18.2 Å². The molecule has 1 unspecified atom stereocenters. The van der Waals surface area contributed by atoms with E-state index in [2.05, 4.69) is 17.1 Å². The van der Waals surface area contributed by atoms with Gasteiger partial charge in [-0.15, -0.1) is 10.2 Å². The summed E-state index contributed by atoms with van der Waals surface area (Å²) >= 11 is 2.66. The summed E-state index contributed by atoms with van der Waals surface area (Å²) in [4.78, 5) is 28.4. The molecule has 1 aliphatic heterocycles. The molecule has 2 heterocycles. The van der Waals surface area contributed by atoms with Crippen molar-refractivity contribution in [2.24, 2.45) is 0 Å². The summed E-state index contributed by atoms with van der Waals surface area (Å²) in [7, 11) is 0. The van der Waals surface area contributed by atoms with Crippen LogP contribution in [0.1, 0.15) is 55.0 Å². The van der Waals surface area contributed by atoms with Gasteiger partial charge in [-0.05, 0) is 67.8 Å². The van der Waals surface area contributed by atoms with Gasteiger partial charge in [0.25, 0.3) is 5.78 Å². The molecule has 0 radical (unpaired) electrons. The number of carbonyl (C=O) groups excluding carboxylic acids is 2. The first-order chi connectivity index (χ1) is 21.3. The number of aryl methyl sites for hydroxylation is 1. The zero-order valence-corrected chi connectivity index (χ0v) is 26.2. The highest BCUT2D eigenvalue weighted by Crippen LogP contribution is 2.45. The average molecular weight is 634 g/mol. The number of aliphatic hydroxyl groups is 1. The molecule has 0 saturated carbocycles. The predicted molar refractivity (Wildman–Crippen MR) is 170 cm³/mol. The van der Waals surface area contributed by atoms with Crippen LogP contribution in [0.15, 0.2) is 76.6 Å². The van der Waals surface area contributed by atoms with Crippen LogP contribution < -0.4 is 14.4 Å². The minimum atomic E-state index is -1.05. The van der Waals surface area contributed by atoms with E-state index in [1.807, 2.05) is 38.1 Å². The molecule has 11 heteroatoms. The standard InChI is InChI=1S/C33H32FN3O5S2/c1-4-6-17-42-25-16-13-23(18-26(25)41-5-2)28-27(29(38)22-11-14-24(34)15-12-22)30(39)31(40)37(28)32-35-36-33(44-32)43-19-21-9-7-20(3)8-10-21/h7-16,18,28,38H,4-6,17,19H2,1-3H3/b29-27+. The van der Waals surface area contributed by atoms with Crippen LogP contribution >= 0.6 is 23.1 Å². The molecule has 1 N–H and O–H groups in total. The number of carbonyl (C=O) groups is 2. The summed E-state index contributed by atoms with van der Waals surface area (Å²) in [6, 6.07) is 17.4. The number of nitrogens with zero attached hydrogens (tertiary/aromatic N) is 3. The lowest BCUT2D eigenvalue weighted by Gasteiger charge is -2.23. The monoisotopic (exact) mass is 633 g/mol. The number of ketones is 1. The van der Waals surface area contributed by atoms with Gasteiger partial charge in [0.2, 0.25) is 5.13 Å². The molecule has 8 nitrogen and oxygen atoms in total. The van der Waals surface area contributed by atoms with Gasteiger partial charge in [0.1, 0.15) is 11.6 Å². The van der Waals surface area contributed by atoms with Crippen molar-refractivity contribution in [1.29, 1.82) is 0 Å². The van der Waals surface area contributed by atoms with E-state index in [0.29, 0.717) is 40.4 Å². The number of anilines is 1. The SMILES string of the molecule is CCCCOc1ccc(C2/C(=C(\O)c3ccc(F)cc3)C(=O)C(=O)N2c2nnc(SCc3ccc(C)cc3)s2)cc1OCC. The maximum absolute atomic E-state index is 13.7. The van der Waals surface area contributed by atoms with Gasteiger partial charge in [-0.2, -0.15) is 0 Å². The van der Waals surface area contributed by atoms with Crippen molar-refractivity contribution >= 4 is 45.7 Å². The van der Waals surface area contributed by atoms with Crippen LogP contribution in [0.25, 0.3) is 5.76 Å². The van der Waals surface area contributed by atoms with Gasteiger partial charge in [-0.25, -0.2) is 4.39 Å². The quantitative estimate of drug-likeness (QED) is 0.0428. The highest BCUT2D eigenvalue weighted by molar-refractivity contribution is 8.00. The van der Waals surface area contributed by atoms with Crippen molar-refractivity contribution in [3.63, 3.8) is 0 Å². The molecule has 3 aromatic carbocycles. The Labute approximate surface area is 263 Å². The van der Waals surface area contributed by atoms with Crippen molar-refractivity contribution in [2.45, 2.75) is 49.7 Å². The number of benzene rings is 3. The molecular weight excluding hydrogens is 602 g/mol. The lowest BCUT2D eigenvalue weighted by molar-refractivity contribution is -0.132. The van der Waals surface area contributed by atoms with E-state index in [9.17, 15) is 19.1 Å². The number of rotatable bonds is 12. The number of halogens is 1. The second-order valence-electron chi connectivity index (χ2n) is 10.1. The van der Waals surface area contributed by atoms with Gasteiger partial charge >= 0.3 is 5.91 Å². The summed E-state index contributed by atoms with van der Waals surface area (Å²) in [5, 5.41) is 20.1. The zero-order chi connectivity index (χ0) is 31.2. The number of Topliss-reactive ketones (excluding diaryl/α,β-unsaturated/α-hetero) is 1. The molecule has 228 valence electrons. The maximum Gasteiger partial charge on any atom is 0.301 e. The Morgan fingerprint density at radius 3 is 2.45 bits per heavy atom. The van der Waals surface area contributed by atoms with Gasteiger partial charge < -0.3 is 14.6 Å². The first-order valence-electron chi connectivity index (χ1n) is 14.3. The number of aromatic nitrogens is 2. The van der Waals surface area contributed by atoms with Crippen LogP contribution in [0.4, 0.5) is 9.52 Å². The molecule has 0 bridgehead atoms. The molecule has 1 amide bonds. The van der Waals surface area contributed by atoms with Crippen molar-refractivity contribution in [3.05, 3.63) is 100 Å². The summed E-state index contributed by atoms with van der Waals surface area (Å²) in [6.07, 6.45) is 1.83. The fourth-order valence-corrected chi connectivity index (χ4v) is 6.53. The second kappa shape index (κ2) is 14.0. The fourth-order valence-electron chi connectivity index (χ4n) is 4.70. The first kappa shape index (κ1) is 31.2. The highest BCUT2D eigenvalue weighted by Gasteiger charge is 2.48. The first-order valence-corrected chi connectivity index (χ1v) is 16.1. The Hall–Kier alpha value is -4.22. The third kappa shape index (κ3) is 6.79. The fraction of sp³-hybridized carbons (Fsp3) is 0.273.